The molecule has 0 bridgehead atoms. The maximum atomic E-state index is 5.04. The molecular formula is C13H28N2O. The third-order valence-corrected chi connectivity index (χ3v) is 2.82. The van der Waals surface area contributed by atoms with E-state index in [0.717, 1.165) is 32.7 Å². The number of likely N-dealkylation sites (N-methyl/N-ethyl adjacent to an activating group) is 1. The molecule has 0 radical (unpaired) electrons. The fourth-order valence-electron chi connectivity index (χ4n) is 1.59. The topological polar surface area (TPSA) is 24.5 Å². The van der Waals surface area contributed by atoms with Crippen LogP contribution in [0, 0.1) is 0 Å². The Kier molecular flexibility index (Phi) is 10.9. The van der Waals surface area contributed by atoms with Crippen molar-refractivity contribution in [1.82, 2.24) is 10.2 Å². The normalized spacial score (nSPS) is 13.0. The number of hydrogen-bond acceptors (Lipinski definition) is 3. The van der Waals surface area contributed by atoms with Crippen LogP contribution in [0.5, 0.6) is 0 Å². The highest BCUT2D eigenvalue weighted by Gasteiger charge is 2.04. The van der Waals surface area contributed by atoms with Crippen molar-refractivity contribution in [3.63, 3.8) is 0 Å². The predicted octanol–water partition coefficient (Wildman–Crippen LogP) is 1.90. The van der Waals surface area contributed by atoms with E-state index in [0.29, 0.717) is 6.04 Å². The second-order valence-corrected chi connectivity index (χ2v) is 4.22. The van der Waals surface area contributed by atoms with Crippen molar-refractivity contribution in [2.75, 3.05) is 40.4 Å². The van der Waals surface area contributed by atoms with Gasteiger partial charge in [-0.25, -0.2) is 0 Å². The van der Waals surface area contributed by atoms with Gasteiger partial charge < -0.3 is 15.0 Å². The van der Waals surface area contributed by atoms with E-state index < -0.39 is 0 Å². The van der Waals surface area contributed by atoms with Crippen LogP contribution in [0.3, 0.4) is 0 Å². The molecule has 0 saturated heterocycles. The summed E-state index contributed by atoms with van der Waals surface area (Å²) in [4.78, 5) is 2.29. The maximum absolute atomic E-state index is 5.04. The molecule has 0 aromatic heterocycles. The molecular weight excluding hydrogens is 200 g/mol. The summed E-state index contributed by atoms with van der Waals surface area (Å²) in [6, 6.07) is 0.633. The van der Waals surface area contributed by atoms with Gasteiger partial charge in [-0.1, -0.05) is 13.0 Å². The van der Waals surface area contributed by atoms with Gasteiger partial charge in [0, 0.05) is 32.8 Å². The zero-order valence-electron chi connectivity index (χ0n) is 11.2. The van der Waals surface area contributed by atoms with E-state index in [1.807, 2.05) is 6.08 Å². The van der Waals surface area contributed by atoms with Crippen LogP contribution in [-0.2, 0) is 4.74 Å². The van der Waals surface area contributed by atoms with E-state index in [1.165, 1.54) is 12.8 Å². The molecule has 1 N–H and O–H groups in total. The number of nitrogens with one attached hydrogen (secondary N) is 1. The van der Waals surface area contributed by atoms with Gasteiger partial charge in [0.15, 0.2) is 0 Å². The van der Waals surface area contributed by atoms with Crippen LogP contribution in [0.15, 0.2) is 12.7 Å². The van der Waals surface area contributed by atoms with Gasteiger partial charge in [0.1, 0.15) is 0 Å². The van der Waals surface area contributed by atoms with Gasteiger partial charge in [-0.2, -0.15) is 0 Å². The fourth-order valence-corrected chi connectivity index (χ4v) is 1.59. The minimum absolute atomic E-state index is 0.633. The zero-order chi connectivity index (χ0) is 12.2. The molecule has 96 valence electrons. The van der Waals surface area contributed by atoms with Crippen LogP contribution in [-0.4, -0.2) is 51.3 Å². The van der Waals surface area contributed by atoms with Crippen LogP contribution in [0.25, 0.3) is 0 Å². The summed E-state index contributed by atoms with van der Waals surface area (Å²) in [7, 11) is 3.87. The lowest BCUT2D eigenvalue weighted by Crippen LogP contribution is -2.36. The van der Waals surface area contributed by atoms with Gasteiger partial charge >= 0.3 is 0 Å². The number of rotatable bonds is 11. The summed E-state index contributed by atoms with van der Waals surface area (Å²) in [5.74, 6) is 0. The van der Waals surface area contributed by atoms with Gasteiger partial charge in [-0.3, -0.25) is 0 Å². The molecule has 0 aromatic carbocycles. The third kappa shape index (κ3) is 8.89. The SMILES string of the molecule is C=CCCC(CC)NCCN(C)CCOC. The second kappa shape index (κ2) is 11.1. The first kappa shape index (κ1) is 15.6. The largest absolute Gasteiger partial charge is 0.383 e. The molecule has 0 saturated carbocycles. The van der Waals surface area contributed by atoms with Gasteiger partial charge in [0.05, 0.1) is 6.61 Å². The molecule has 0 aliphatic heterocycles. The molecule has 0 aliphatic rings. The van der Waals surface area contributed by atoms with Crippen LogP contribution < -0.4 is 5.32 Å². The van der Waals surface area contributed by atoms with Gasteiger partial charge in [-0.05, 0) is 26.3 Å². The Labute approximate surface area is 101 Å². The minimum atomic E-state index is 0.633. The highest BCUT2D eigenvalue weighted by Crippen LogP contribution is 2.01. The van der Waals surface area contributed by atoms with Crippen molar-refractivity contribution in [2.24, 2.45) is 0 Å². The van der Waals surface area contributed by atoms with Crippen LogP contribution in [0.2, 0.25) is 0 Å². The van der Waals surface area contributed by atoms with E-state index in [1.54, 1.807) is 7.11 Å². The summed E-state index contributed by atoms with van der Waals surface area (Å²) in [6.45, 7) is 9.93. The van der Waals surface area contributed by atoms with Crippen LogP contribution >= 0.6 is 0 Å². The van der Waals surface area contributed by atoms with Gasteiger partial charge in [0.25, 0.3) is 0 Å². The second-order valence-electron chi connectivity index (χ2n) is 4.22. The molecule has 0 aliphatic carbocycles. The van der Waals surface area contributed by atoms with Crippen molar-refractivity contribution in [2.45, 2.75) is 32.2 Å². The molecule has 0 amide bonds. The Balaban J connectivity index is 3.48. The van der Waals surface area contributed by atoms with Crippen LogP contribution in [0.4, 0.5) is 0 Å². The van der Waals surface area contributed by atoms with Crippen molar-refractivity contribution in [1.29, 1.82) is 0 Å². The molecule has 0 spiro atoms. The molecule has 3 nitrogen and oxygen atoms in total. The Morgan fingerprint density at radius 2 is 2.19 bits per heavy atom. The molecule has 16 heavy (non-hydrogen) atoms. The lowest BCUT2D eigenvalue weighted by atomic mass is 10.1. The van der Waals surface area contributed by atoms with Gasteiger partial charge in [0.2, 0.25) is 0 Å². The van der Waals surface area contributed by atoms with E-state index in [9.17, 15) is 0 Å². The molecule has 0 rings (SSSR count). The smallest absolute Gasteiger partial charge is 0.0589 e. The molecule has 0 heterocycles. The Morgan fingerprint density at radius 1 is 1.44 bits per heavy atom. The van der Waals surface area contributed by atoms with Gasteiger partial charge in [-0.15, -0.1) is 6.58 Å². The monoisotopic (exact) mass is 228 g/mol. The average molecular weight is 228 g/mol. The molecule has 0 aromatic rings. The highest BCUT2D eigenvalue weighted by molar-refractivity contribution is 4.73. The summed E-state index contributed by atoms with van der Waals surface area (Å²) in [5.41, 5.74) is 0. The van der Waals surface area contributed by atoms with E-state index in [-0.39, 0.29) is 0 Å². The lowest BCUT2D eigenvalue weighted by molar-refractivity contribution is 0.161. The van der Waals surface area contributed by atoms with E-state index in [4.69, 9.17) is 4.74 Å². The van der Waals surface area contributed by atoms with E-state index >= 15 is 0 Å². The molecule has 1 unspecified atom stereocenters. The lowest BCUT2D eigenvalue weighted by Gasteiger charge is -2.20. The zero-order valence-corrected chi connectivity index (χ0v) is 11.2. The average Bonchev–Trinajstić information content (AvgIpc) is 2.30. The summed E-state index contributed by atoms with van der Waals surface area (Å²) in [6.07, 6.45) is 5.48. The predicted molar refractivity (Wildman–Crippen MR) is 70.9 cm³/mol. The quantitative estimate of drug-likeness (QED) is 0.547. The fraction of sp³-hybridized carbons (Fsp3) is 0.846. The van der Waals surface area contributed by atoms with Crippen molar-refractivity contribution in [3.05, 3.63) is 12.7 Å². The third-order valence-electron chi connectivity index (χ3n) is 2.82. The summed E-state index contributed by atoms with van der Waals surface area (Å²) >= 11 is 0. The number of ether oxygens (including phenoxy) is 1. The standard InChI is InChI=1S/C13H28N2O/c1-5-7-8-13(6-2)14-9-10-15(3)11-12-16-4/h5,13-14H,1,6-12H2,2-4H3. The minimum Gasteiger partial charge on any atom is -0.383 e. The van der Waals surface area contributed by atoms with Crippen molar-refractivity contribution in [3.8, 4) is 0 Å². The first-order valence-electron chi connectivity index (χ1n) is 6.26. The van der Waals surface area contributed by atoms with E-state index in [2.05, 4.69) is 30.8 Å². The molecule has 3 heteroatoms. The summed E-state index contributed by atoms with van der Waals surface area (Å²) in [5, 5.41) is 3.58. The highest BCUT2D eigenvalue weighted by atomic mass is 16.5. The summed E-state index contributed by atoms with van der Waals surface area (Å²) < 4.78 is 5.04. The number of allylic oxidation sites excluding steroid dienone is 1. The maximum Gasteiger partial charge on any atom is 0.0589 e. The molecule has 0 fully saturated rings. The Bertz CT molecular complexity index is 162. The van der Waals surface area contributed by atoms with Crippen LogP contribution in [0.1, 0.15) is 26.2 Å². The Morgan fingerprint density at radius 3 is 2.75 bits per heavy atom. The van der Waals surface area contributed by atoms with Crippen molar-refractivity contribution >= 4 is 0 Å². The first-order valence-corrected chi connectivity index (χ1v) is 6.26. The number of nitrogens with zero attached hydrogens (tertiary/aromatic N) is 1. The first-order chi connectivity index (χ1) is 7.74. The Hall–Kier alpha value is -0.380. The number of methoxy groups -OCH3 is 1. The number of hydrogen-bond donors (Lipinski definition) is 1. The van der Waals surface area contributed by atoms with Crippen molar-refractivity contribution < 1.29 is 4.74 Å². The molecule has 1 atom stereocenters.